The van der Waals surface area contributed by atoms with Gasteiger partial charge in [0.05, 0.1) is 5.92 Å². The van der Waals surface area contributed by atoms with E-state index in [0.29, 0.717) is 12.8 Å². The fourth-order valence-corrected chi connectivity index (χ4v) is 4.46. The molecule has 2 fully saturated rings. The number of hydrogen-bond donors (Lipinski definition) is 2. The molecule has 29 heavy (non-hydrogen) atoms. The summed E-state index contributed by atoms with van der Waals surface area (Å²) in [5.41, 5.74) is 2.06. The predicted molar refractivity (Wildman–Crippen MR) is 118 cm³/mol. The average molecular weight is 400 g/mol. The Labute approximate surface area is 175 Å². The molecule has 5 nitrogen and oxygen atoms in total. The molecule has 2 N–H and O–H groups in total. The standard InChI is InChI=1S/C24H37N3O2/c28-23-14-13-22(24(29)26-23)20-11-10-12-21(19-20)25-15-6-3-1-2-4-7-16-27-17-8-5-9-18-27/h10-12,19,22,25H,1-9,13-18H2,(H,26,28,29). The summed E-state index contributed by atoms with van der Waals surface area (Å²) < 4.78 is 0. The van der Waals surface area contributed by atoms with Crippen LogP contribution in [0.2, 0.25) is 0 Å². The summed E-state index contributed by atoms with van der Waals surface area (Å²) >= 11 is 0. The smallest absolute Gasteiger partial charge is 0.234 e. The fraction of sp³-hybridized carbons (Fsp3) is 0.667. The van der Waals surface area contributed by atoms with Crippen molar-refractivity contribution in [2.24, 2.45) is 0 Å². The Morgan fingerprint density at radius 2 is 1.72 bits per heavy atom. The molecule has 3 rings (SSSR count). The summed E-state index contributed by atoms with van der Waals surface area (Å²) in [7, 11) is 0. The first-order chi connectivity index (χ1) is 14.2. The number of nitrogens with one attached hydrogen (secondary N) is 2. The van der Waals surface area contributed by atoms with E-state index in [9.17, 15) is 9.59 Å². The van der Waals surface area contributed by atoms with Crippen LogP contribution in [0.15, 0.2) is 24.3 Å². The Morgan fingerprint density at radius 3 is 2.52 bits per heavy atom. The zero-order valence-electron chi connectivity index (χ0n) is 17.8. The van der Waals surface area contributed by atoms with Crippen LogP contribution in [0, 0.1) is 0 Å². The van der Waals surface area contributed by atoms with Gasteiger partial charge in [-0.05, 0) is 69.4 Å². The molecule has 2 saturated heterocycles. The Kier molecular flexibility index (Phi) is 9.00. The molecule has 0 saturated carbocycles. The van der Waals surface area contributed by atoms with Crippen LogP contribution in [0.25, 0.3) is 0 Å². The minimum Gasteiger partial charge on any atom is -0.385 e. The lowest BCUT2D eigenvalue weighted by Gasteiger charge is -2.26. The maximum atomic E-state index is 12.1. The number of imide groups is 1. The van der Waals surface area contributed by atoms with E-state index in [2.05, 4.69) is 27.7 Å². The molecule has 1 atom stereocenters. The van der Waals surface area contributed by atoms with Crippen LogP contribution in [0.4, 0.5) is 5.69 Å². The molecule has 1 unspecified atom stereocenters. The van der Waals surface area contributed by atoms with Crippen molar-refractivity contribution in [2.45, 2.75) is 76.5 Å². The molecule has 0 spiro atoms. The highest BCUT2D eigenvalue weighted by molar-refractivity contribution is 6.01. The van der Waals surface area contributed by atoms with E-state index < -0.39 is 0 Å². The largest absolute Gasteiger partial charge is 0.385 e. The highest BCUT2D eigenvalue weighted by atomic mass is 16.2. The third-order valence-electron chi connectivity index (χ3n) is 6.21. The molecule has 0 aliphatic carbocycles. The lowest BCUT2D eigenvalue weighted by molar-refractivity contribution is -0.134. The number of anilines is 1. The van der Waals surface area contributed by atoms with Crippen LogP contribution in [-0.4, -0.2) is 42.9 Å². The number of nitrogens with zero attached hydrogens (tertiary/aromatic N) is 1. The van der Waals surface area contributed by atoms with Gasteiger partial charge in [0.15, 0.2) is 0 Å². The van der Waals surface area contributed by atoms with Gasteiger partial charge in [-0.1, -0.05) is 44.2 Å². The number of rotatable bonds is 11. The molecule has 2 amide bonds. The maximum absolute atomic E-state index is 12.1. The lowest BCUT2D eigenvalue weighted by atomic mass is 9.90. The summed E-state index contributed by atoms with van der Waals surface area (Å²) in [6, 6.07) is 8.08. The topological polar surface area (TPSA) is 61.4 Å². The number of carbonyl (C=O) groups is 2. The highest BCUT2D eigenvalue weighted by Gasteiger charge is 2.27. The Bertz CT molecular complexity index is 655. The number of amides is 2. The second-order valence-electron chi connectivity index (χ2n) is 8.58. The van der Waals surface area contributed by atoms with Gasteiger partial charge in [-0.3, -0.25) is 14.9 Å². The number of piperidine rings is 2. The molecule has 0 aromatic heterocycles. The van der Waals surface area contributed by atoms with Crippen molar-refractivity contribution in [3.05, 3.63) is 29.8 Å². The molecule has 2 aliphatic rings. The zero-order valence-corrected chi connectivity index (χ0v) is 17.8. The molecule has 5 heteroatoms. The van der Waals surface area contributed by atoms with Gasteiger partial charge in [-0.15, -0.1) is 0 Å². The average Bonchev–Trinajstić information content (AvgIpc) is 2.73. The molecule has 0 radical (unpaired) electrons. The number of hydrogen-bond acceptors (Lipinski definition) is 4. The van der Waals surface area contributed by atoms with Crippen LogP contribution in [0.1, 0.15) is 82.1 Å². The number of unbranched alkanes of at least 4 members (excludes halogenated alkanes) is 5. The number of benzene rings is 1. The van der Waals surface area contributed by atoms with Gasteiger partial charge in [-0.25, -0.2) is 0 Å². The van der Waals surface area contributed by atoms with Crippen molar-refractivity contribution < 1.29 is 9.59 Å². The van der Waals surface area contributed by atoms with Crippen molar-refractivity contribution in [1.29, 1.82) is 0 Å². The molecule has 160 valence electrons. The van der Waals surface area contributed by atoms with Gasteiger partial charge < -0.3 is 10.2 Å². The summed E-state index contributed by atoms with van der Waals surface area (Å²) in [6.45, 7) is 4.89. The van der Waals surface area contributed by atoms with E-state index in [4.69, 9.17) is 0 Å². The summed E-state index contributed by atoms with van der Waals surface area (Å²) in [4.78, 5) is 26.0. The van der Waals surface area contributed by atoms with Crippen molar-refractivity contribution in [3.8, 4) is 0 Å². The molecule has 2 heterocycles. The van der Waals surface area contributed by atoms with Crippen LogP contribution >= 0.6 is 0 Å². The first kappa shape index (κ1) is 21.8. The monoisotopic (exact) mass is 399 g/mol. The van der Waals surface area contributed by atoms with E-state index in [0.717, 1.165) is 17.8 Å². The van der Waals surface area contributed by atoms with Crippen molar-refractivity contribution in [1.82, 2.24) is 10.2 Å². The Balaban J connectivity index is 1.25. The van der Waals surface area contributed by atoms with Gasteiger partial charge in [0.2, 0.25) is 11.8 Å². The summed E-state index contributed by atoms with van der Waals surface area (Å²) in [5.74, 6) is -0.537. The van der Waals surface area contributed by atoms with E-state index in [1.807, 2.05) is 12.1 Å². The highest BCUT2D eigenvalue weighted by Crippen LogP contribution is 2.26. The first-order valence-electron chi connectivity index (χ1n) is 11.6. The Hall–Kier alpha value is -1.88. The van der Waals surface area contributed by atoms with Gasteiger partial charge in [0, 0.05) is 18.7 Å². The summed E-state index contributed by atoms with van der Waals surface area (Å²) in [5, 5.41) is 5.93. The third-order valence-corrected chi connectivity index (χ3v) is 6.21. The molecule has 1 aromatic carbocycles. The van der Waals surface area contributed by atoms with E-state index in [1.54, 1.807) is 0 Å². The van der Waals surface area contributed by atoms with Gasteiger partial charge in [0.25, 0.3) is 0 Å². The van der Waals surface area contributed by atoms with Crippen molar-refractivity contribution in [2.75, 3.05) is 31.5 Å². The van der Waals surface area contributed by atoms with E-state index >= 15 is 0 Å². The van der Waals surface area contributed by atoms with Crippen molar-refractivity contribution >= 4 is 17.5 Å². The van der Waals surface area contributed by atoms with E-state index in [1.165, 1.54) is 77.4 Å². The van der Waals surface area contributed by atoms with Crippen LogP contribution in [-0.2, 0) is 9.59 Å². The second kappa shape index (κ2) is 12.0. The van der Waals surface area contributed by atoms with E-state index in [-0.39, 0.29) is 17.7 Å². The number of likely N-dealkylation sites (tertiary alicyclic amines) is 1. The van der Waals surface area contributed by atoms with Crippen LogP contribution < -0.4 is 10.6 Å². The normalized spacial score (nSPS) is 20.5. The molecular formula is C24H37N3O2. The maximum Gasteiger partial charge on any atom is 0.234 e. The molecular weight excluding hydrogens is 362 g/mol. The first-order valence-corrected chi connectivity index (χ1v) is 11.6. The lowest BCUT2D eigenvalue weighted by Crippen LogP contribution is -2.39. The van der Waals surface area contributed by atoms with Crippen LogP contribution in [0.5, 0.6) is 0 Å². The predicted octanol–water partition coefficient (Wildman–Crippen LogP) is 4.45. The van der Waals surface area contributed by atoms with Gasteiger partial charge >= 0.3 is 0 Å². The van der Waals surface area contributed by atoms with Crippen LogP contribution in [0.3, 0.4) is 0 Å². The quantitative estimate of drug-likeness (QED) is 0.426. The van der Waals surface area contributed by atoms with Crippen molar-refractivity contribution in [3.63, 3.8) is 0 Å². The Morgan fingerprint density at radius 1 is 0.966 bits per heavy atom. The second-order valence-corrected chi connectivity index (χ2v) is 8.58. The van der Waals surface area contributed by atoms with Gasteiger partial charge in [0.1, 0.15) is 0 Å². The summed E-state index contributed by atoms with van der Waals surface area (Å²) in [6.07, 6.45) is 13.1. The minimum absolute atomic E-state index is 0.160. The molecule has 1 aromatic rings. The molecule has 2 aliphatic heterocycles. The molecule has 0 bridgehead atoms. The number of carbonyl (C=O) groups excluding carboxylic acids is 2. The SMILES string of the molecule is O=C1CCC(c2cccc(NCCCCCCCCN3CCCCC3)c2)C(=O)N1. The zero-order chi connectivity index (χ0) is 20.3. The minimum atomic E-state index is -0.209. The fourth-order valence-electron chi connectivity index (χ4n) is 4.46. The third kappa shape index (κ3) is 7.46. The van der Waals surface area contributed by atoms with Gasteiger partial charge in [-0.2, -0.15) is 0 Å².